The zero-order valence-electron chi connectivity index (χ0n) is 17.0. The van der Waals surface area contributed by atoms with Gasteiger partial charge in [0, 0.05) is 17.6 Å². The monoisotopic (exact) mass is 417 g/mol. The van der Waals surface area contributed by atoms with E-state index in [0.29, 0.717) is 17.7 Å². The van der Waals surface area contributed by atoms with Crippen LogP contribution in [0.5, 0.6) is 0 Å². The fraction of sp³-hybridized carbons (Fsp3) is 0.333. The molecule has 0 fully saturated rings. The third-order valence-electron chi connectivity index (χ3n) is 4.24. The number of hydrogen-bond acceptors (Lipinski definition) is 4. The number of sulfonamides is 1. The highest BCUT2D eigenvalue weighted by Crippen LogP contribution is 2.18. The highest BCUT2D eigenvalue weighted by atomic mass is 32.2. The maximum Gasteiger partial charge on any atom is 0.255 e. The normalized spacial score (nSPS) is 12.4. The van der Waals surface area contributed by atoms with Gasteiger partial charge in [0.2, 0.25) is 10.0 Å². The molecule has 156 valence electrons. The highest BCUT2D eigenvalue weighted by molar-refractivity contribution is 7.89. The average molecular weight is 418 g/mol. The van der Waals surface area contributed by atoms with E-state index in [1.165, 1.54) is 24.3 Å². The highest BCUT2D eigenvalue weighted by Gasteiger charge is 2.18. The Morgan fingerprint density at radius 2 is 1.55 bits per heavy atom. The SMILES string of the molecule is CCC(C)NS(=O)(=O)c1ccc(C(=O)Nc2ccccc2C(=O)NC(C)C)cc1. The number of nitrogens with one attached hydrogen (secondary N) is 3. The van der Waals surface area contributed by atoms with Gasteiger partial charge < -0.3 is 10.6 Å². The average Bonchev–Trinajstić information content (AvgIpc) is 2.67. The van der Waals surface area contributed by atoms with Crippen molar-refractivity contribution in [3.05, 3.63) is 59.7 Å². The first kappa shape index (κ1) is 22.6. The molecular weight excluding hydrogens is 390 g/mol. The van der Waals surface area contributed by atoms with Crippen molar-refractivity contribution in [3.63, 3.8) is 0 Å². The van der Waals surface area contributed by atoms with Gasteiger partial charge in [-0.3, -0.25) is 9.59 Å². The summed E-state index contributed by atoms with van der Waals surface area (Å²) in [5, 5.41) is 5.51. The summed E-state index contributed by atoms with van der Waals surface area (Å²) < 4.78 is 27.2. The number of hydrogen-bond donors (Lipinski definition) is 3. The van der Waals surface area contributed by atoms with Crippen molar-refractivity contribution in [3.8, 4) is 0 Å². The molecule has 0 heterocycles. The van der Waals surface area contributed by atoms with Gasteiger partial charge in [0.25, 0.3) is 11.8 Å². The van der Waals surface area contributed by atoms with Crippen LogP contribution in [0.3, 0.4) is 0 Å². The van der Waals surface area contributed by atoms with Gasteiger partial charge in [0.15, 0.2) is 0 Å². The maximum atomic E-state index is 12.6. The van der Waals surface area contributed by atoms with E-state index in [2.05, 4.69) is 15.4 Å². The summed E-state index contributed by atoms with van der Waals surface area (Å²) in [7, 11) is -3.64. The Labute approximate surface area is 172 Å². The molecule has 0 spiro atoms. The fourth-order valence-corrected chi connectivity index (χ4v) is 3.85. The van der Waals surface area contributed by atoms with Crippen LogP contribution in [-0.2, 0) is 10.0 Å². The summed E-state index contributed by atoms with van der Waals surface area (Å²) >= 11 is 0. The molecule has 0 aliphatic heterocycles. The molecule has 0 aliphatic rings. The first-order valence-corrected chi connectivity index (χ1v) is 11.0. The molecule has 0 aliphatic carbocycles. The van der Waals surface area contributed by atoms with E-state index in [1.807, 2.05) is 20.8 Å². The van der Waals surface area contributed by atoms with E-state index in [1.54, 1.807) is 31.2 Å². The number of anilines is 1. The van der Waals surface area contributed by atoms with Crippen molar-refractivity contribution in [1.29, 1.82) is 0 Å². The molecule has 3 N–H and O–H groups in total. The number of carbonyl (C=O) groups excluding carboxylic acids is 2. The van der Waals surface area contributed by atoms with E-state index in [0.717, 1.165) is 0 Å². The molecule has 2 amide bonds. The van der Waals surface area contributed by atoms with Crippen molar-refractivity contribution in [2.24, 2.45) is 0 Å². The van der Waals surface area contributed by atoms with Crippen LogP contribution < -0.4 is 15.4 Å². The van der Waals surface area contributed by atoms with Crippen LogP contribution in [0.25, 0.3) is 0 Å². The third-order valence-corrected chi connectivity index (χ3v) is 5.84. The number of amides is 2. The van der Waals surface area contributed by atoms with Crippen molar-refractivity contribution < 1.29 is 18.0 Å². The lowest BCUT2D eigenvalue weighted by molar-refractivity contribution is 0.0944. The lowest BCUT2D eigenvalue weighted by Gasteiger charge is -2.14. The number of rotatable bonds is 8. The van der Waals surface area contributed by atoms with Gasteiger partial charge in [-0.05, 0) is 63.6 Å². The quantitative estimate of drug-likeness (QED) is 0.614. The molecule has 1 unspecified atom stereocenters. The molecule has 0 saturated carbocycles. The summed E-state index contributed by atoms with van der Waals surface area (Å²) in [4.78, 5) is 25.0. The Hall–Kier alpha value is -2.71. The molecule has 2 aromatic rings. The fourth-order valence-electron chi connectivity index (χ4n) is 2.53. The Balaban J connectivity index is 2.18. The van der Waals surface area contributed by atoms with Crippen molar-refractivity contribution in [2.45, 2.75) is 51.1 Å². The summed E-state index contributed by atoms with van der Waals surface area (Å²) in [5.74, 6) is -0.720. The van der Waals surface area contributed by atoms with E-state index in [4.69, 9.17) is 0 Å². The van der Waals surface area contributed by atoms with Gasteiger partial charge in [-0.1, -0.05) is 19.1 Å². The van der Waals surface area contributed by atoms with Crippen LogP contribution >= 0.6 is 0 Å². The Kier molecular flexibility index (Phi) is 7.53. The molecule has 8 heteroatoms. The summed E-state index contributed by atoms with van der Waals surface area (Å²) in [6.45, 7) is 7.38. The molecule has 29 heavy (non-hydrogen) atoms. The summed E-state index contributed by atoms with van der Waals surface area (Å²) in [6.07, 6.45) is 0.670. The second-order valence-corrected chi connectivity index (χ2v) is 8.80. The molecule has 1 atom stereocenters. The minimum Gasteiger partial charge on any atom is -0.350 e. The largest absolute Gasteiger partial charge is 0.350 e. The smallest absolute Gasteiger partial charge is 0.255 e. The summed E-state index contributed by atoms with van der Waals surface area (Å²) in [6, 6.07) is 12.1. The molecule has 2 aromatic carbocycles. The number of benzene rings is 2. The van der Waals surface area contributed by atoms with E-state index >= 15 is 0 Å². The molecule has 0 aromatic heterocycles. The standard InChI is InChI=1S/C21H27N3O4S/c1-5-15(4)24-29(27,28)17-12-10-16(11-13-17)20(25)23-19-9-7-6-8-18(19)21(26)22-14(2)3/h6-15,24H,5H2,1-4H3,(H,22,26)(H,23,25). The van der Waals surface area contributed by atoms with Crippen LogP contribution in [0.2, 0.25) is 0 Å². The Bertz CT molecular complexity index is 970. The maximum absolute atomic E-state index is 12.6. The second kappa shape index (κ2) is 9.67. The Morgan fingerprint density at radius 3 is 2.14 bits per heavy atom. The zero-order chi connectivity index (χ0) is 21.6. The summed E-state index contributed by atoms with van der Waals surface area (Å²) in [5.41, 5.74) is 1.02. The van der Waals surface area contributed by atoms with E-state index in [9.17, 15) is 18.0 Å². The molecular formula is C21H27N3O4S. The number of carbonyl (C=O) groups is 2. The first-order valence-electron chi connectivity index (χ1n) is 9.47. The predicted octanol–water partition coefficient (Wildman–Crippen LogP) is 3.15. The topological polar surface area (TPSA) is 104 Å². The minimum absolute atomic E-state index is 0.0372. The van der Waals surface area contributed by atoms with Gasteiger partial charge in [-0.25, -0.2) is 13.1 Å². The van der Waals surface area contributed by atoms with E-state index in [-0.39, 0.29) is 28.4 Å². The van der Waals surface area contributed by atoms with Crippen LogP contribution in [0.15, 0.2) is 53.4 Å². The lowest BCUT2D eigenvalue weighted by Crippen LogP contribution is -2.32. The second-order valence-electron chi connectivity index (χ2n) is 7.08. The molecule has 0 radical (unpaired) electrons. The van der Waals surface area contributed by atoms with Crippen molar-refractivity contribution in [1.82, 2.24) is 10.0 Å². The molecule has 7 nitrogen and oxygen atoms in total. The van der Waals surface area contributed by atoms with Gasteiger partial charge in [0.05, 0.1) is 16.1 Å². The van der Waals surface area contributed by atoms with Crippen LogP contribution in [-0.4, -0.2) is 32.3 Å². The zero-order valence-corrected chi connectivity index (χ0v) is 17.8. The van der Waals surface area contributed by atoms with Gasteiger partial charge in [-0.2, -0.15) is 0 Å². The Morgan fingerprint density at radius 1 is 0.931 bits per heavy atom. The van der Waals surface area contributed by atoms with Crippen molar-refractivity contribution in [2.75, 3.05) is 5.32 Å². The molecule has 0 saturated heterocycles. The number of para-hydroxylation sites is 1. The molecule has 2 rings (SSSR count). The van der Waals surface area contributed by atoms with Crippen LogP contribution in [0.4, 0.5) is 5.69 Å². The molecule has 0 bridgehead atoms. The van der Waals surface area contributed by atoms with Crippen LogP contribution in [0.1, 0.15) is 54.8 Å². The van der Waals surface area contributed by atoms with Gasteiger partial charge >= 0.3 is 0 Å². The van der Waals surface area contributed by atoms with Gasteiger partial charge in [0.1, 0.15) is 0 Å². The lowest BCUT2D eigenvalue weighted by atomic mass is 10.1. The van der Waals surface area contributed by atoms with Crippen molar-refractivity contribution >= 4 is 27.5 Å². The van der Waals surface area contributed by atoms with E-state index < -0.39 is 15.9 Å². The first-order chi connectivity index (χ1) is 13.6. The van der Waals surface area contributed by atoms with Gasteiger partial charge in [-0.15, -0.1) is 0 Å². The third kappa shape index (κ3) is 6.13. The minimum atomic E-state index is -3.64. The predicted molar refractivity (Wildman–Crippen MR) is 114 cm³/mol. The van der Waals surface area contributed by atoms with Crippen LogP contribution in [0, 0.1) is 0 Å².